The van der Waals surface area contributed by atoms with Crippen LogP contribution in [0.25, 0.3) is 0 Å². The number of hydrogen-bond donors (Lipinski definition) is 4. The number of nitrogens with one attached hydrogen (secondary N) is 2. The average Bonchev–Trinajstić information content (AvgIpc) is 2.27. The lowest BCUT2D eigenvalue weighted by atomic mass is 10.1. The Morgan fingerprint density at radius 1 is 1.22 bits per heavy atom. The van der Waals surface area contributed by atoms with Gasteiger partial charge in [-0.25, -0.2) is 5.84 Å². The van der Waals surface area contributed by atoms with E-state index in [4.69, 9.17) is 11.6 Å². The molecule has 0 aromatic carbocycles. The van der Waals surface area contributed by atoms with Crippen molar-refractivity contribution in [2.45, 2.75) is 19.4 Å². The van der Waals surface area contributed by atoms with E-state index in [-0.39, 0.29) is 11.9 Å². The van der Waals surface area contributed by atoms with Crippen molar-refractivity contribution in [3.63, 3.8) is 0 Å². The number of carbonyl (C=O) groups excluding carboxylic acids is 1. The van der Waals surface area contributed by atoms with Gasteiger partial charge >= 0.3 is 0 Å². The van der Waals surface area contributed by atoms with E-state index in [9.17, 15) is 4.79 Å². The van der Waals surface area contributed by atoms with Crippen molar-refractivity contribution in [2.24, 2.45) is 11.6 Å². The number of nitrogen functional groups attached to an aromatic ring is 1. The molecule has 1 aromatic rings. The molecule has 0 radical (unpaired) electrons. The van der Waals surface area contributed by atoms with E-state index in [1.54, 1.807) is 32.8 Å². The van der Waals surface area contributed by atoms with Crippen molar-refractivity contribution in [1.82, 2.24) is 15.0 Å². The summed E-state index contributed by atoms with van der Waals surface area (Å²) in [7, 11) is 3.55. The van der Waals surface area contributed by atoms with Crippen molar-refractivity contribution >= 4 is 23.8 Å². The Balaban J connectivity index is 3.09. The first-order chi connectivity index (χ1) is 8.26. The van der Waals surface area contributed by atoms with Crippen molar-refractivity contribution < 1.29 is 4.79 Å². The zero-order valence-corrected chi connectivity index (χ0v) is 10.9. The highest BCUT2D eigenvalue weighted by molar-refractivity contribution is 5.86. The minimum absolute atomic E-state index is 0.191. The van der Waals surface area contributed by atoms with Gasteiger partial charge in [-0.3, -0.25) is 10.2 Å². The number of anilines is 3. The summed E-state index contributed by atoms with van der Waals surface area (Å²) in [6.07, 6.45) is 0. The van der Waals surface area contributed by atoms with Gasteiger partial charge in [0.25, 0.3) is 0 Å². The van der Waals surface area contributed by atoms with Crippen LogP contribution >= 0.6 is 0 Å². The molecular formula is C9H18N8O. The largest absolute Gasteiger partial charge is 0.368 e. The normalized spacial score (nSPS) is 10.9. The highest BCUT2D eigenvalue weighted by Gasteiger charge is 2.26. The van der Waals surface area contributed by atoms with Crippen molar-refractivity contribution in [3.8, 4) is 0 Å². The molecule has 9 heteroatoms. The van der Waals surface area contributed by atoms with E-state index < -0.39 is 11.4 Å². The number of nitrogens with two attached hydrogens (primary N) is 2. The fourth-order valence-corrected chi connectivity index (χ4v) is 1.03. The second-order valence-corrected chi connectivity index (χ2v) is 4.44. The Hall–Kier alpha value is -2.16. The topological polar surface area (TPSA) is 135 Å². The number of nitrogens with zero attached hydrogens (tertiary/aromatic N) is 4. The Labute approximate surface area is 105 Å². The minimum Gasteiger partial charge on any atom is -0.368 e. The van der Waals surface area contributed by atoms with Crippen LogP contribution in [0.5, 0.6) is 0 Å². The summed E-state index contributed by atoms with van der Waals surface area (Å²) in [5.41, 5.74) is 6.62. The van der Waals surface area contributed by atoms with Crippen LogP contribution in [0.3, 0.4) is 0 Å². The molecule has 9 nitrogen and oxygen atoms in total. The number of aromatic nitrogens is 3. The Morgan fingerprint density at radius 2 is 1.78 bits per heavy atom. The van der Waals surface area contributed by atoms with Gasteiger partial charge in [0, 0.05) is 14.1 Å². The predicted molar refractivity (Wildman–Crippen MR) is 68.9 cm³/mol. The van der Waals surface area contributed by atoms with E-state index in [0.29, 0.717) is 5.95 Å². The number of rotatable bonds is 5. The third kappa shape index (κ3) is 3.17. The summed E-state index contributed by atoms with van der Waals surface area (Å²) in [5, 5.41) is 2.83. The van der Waals surface area contributed by atoms with Crippen LogP contribution in [0, 0.1) is 0 Å². The lowest BCUT2D eigenvalue weighted by molar-refractivity contribution is -0.121. The molecule has 6 N–H and O–H groups in total. The van der Waals surface area contributed by atoms with Crippen molar-refractivity contribution in [1.29, 1.82) is 0 Å². The van der Waals surface area contributed by atoms with E-state index in [0.717, 1.165) is 0 Å². The molecule has 1 rings (SSSR count). The van der Waals surface area contributed by atoms with Crippen LogP contribution in [0.1, 0.15) is 13.8 Å². The second kappa shape index (κ2) is 5.00. The van der Waals surface area contributed by atoms with Crippen LogP contribution in [-0.4, -0.2) is 40.5 Å². The molecule has 0 unspecified atom stereocenters. The predicted octanol–water partition coefficient (Wildman–Crippen LogP) is -1.10. The molecule has 0 aliphatic carbocycles. The molecule has 1 aromatic heterocycles. The van der Waals surface area contributed by atoms with Crippen LogP contribution in [0.4, 0.5) is 17.8 Å². The molecule has 0 saturated carbocycles. The molecule has 100 valence electrons. The molecule has 1 heterocycles. The fourth-order valence-electron chi connectivity index (χ4n) is 1.03. The van der Waals surface area contributed by atoms with Gasteiger partial charge < -0.3 is 16.0 Å². The number of hydrogen-bond acceptors (Lipinski definition) is 8. The molecule has 0 bridgehead atoms. The van der Waals surface area contributed by atoms with Gasteiger partial charge in [-0.1, -0.05) is 0 Å². The van der Waals surface area contributed by atoms with E-state index in [2.05, 4.69) is 25.7 Å². The van der Waals surface area contributed by atoms with Gasteiger partial charge in [-0.05, 0) is 13.8 Å². The summed E-state index contributed by atoms with van der Waals surface area (Å²) < 4.78 is 0. The van der Waals surface area contributed by atoms with Crippen molar-refractivity contribution in [3.05, 3.63) is 0 Å². The molecule has 0 spiro atoms. The molecule has 1 amide bonds. The zero-order chi connectivity index (χ0) is 13.9. The number of primary amides is 1. The monoisotopic (exact) mass is 254 g/mol. The van der Waals surface area contributed by atoms with E-state index in [1.807, 2.05) is 0 Å². The maximum absolute atomic E-state index is 11.2. The molecule has 0 aliphatic heterocycles. The minimum atomic E-state index is -0.975. The highest BCUT2D eigenvalue weighted by Crippen LogP contribution is 2.15. The average molecular weight is 254 g/mol. The van der Waals surface area contributed by atoms with Crippen LogP contribution < -0.4 is 27.2 Å². The molecule has 0 atom stereocenters. The number of hydrazine groups is 1. The third-order valence-corrected chi connectivity index (χ3v) is 2.19. The van der Waals surface area contributed by atoms with Crippen molar-refractivity contribution in [2.75, 3.05) is 29.7 Å². The van der Waals surface area contributed by atoms with Crippen LogP contribution in [-0.2, 0) is 4.79 Å². The summed E-state index contributed by atoms with van der Waals surface area (Å²) in [6, 6.07) is 0. The van der Waals surface area contributed by atoms with Gasteiger partial charge in [-0.15, -0.1) is 0 Å². The molecular weight excluding hydrogens is 236 g/mol. The van der Waals surface area contributed by atoms with Gasteiger partial charge in [0.1, 0.15) is 5.54 Å². The lowest BCUT2D eigenvalue weighted by Gasteiger charge is -2.23. The van der Waals surface area contributed by atoms with Crippen LogP contribution in [0.15, 0.2) is 0 Å². The maximum Gasteiger partial charge on any atom is 0.243 e. The summed E-state index contributed by atoms with van der Waals surface area (Å²) in [6.45, 7) is 3.26. The first kappa shape index (κ1) is 13.9. The lowest BCUT2D eigenvalue weighted by Crippen LogP contribution is -2.45. The molecule has 0 fully saturated rings. The van der Waals surface area contributed by atoms with E-state index >= 15 is 0 Å². The molecule has 0 aliphatic rings. The van der Waals surface area contributed by atoms with Gasteiger partial charge in [0.15, 0.2) is 0 Å². The van der Waals surface area contributed by atoms with E-state index in [1.165, 1.54) is 0 Å². The first-order valence-corrected chi connectivity index (χ1v) is 5.24. The third-order valence-electron chi connectivity index (χ3n) is 2.19. The maximum atomic E-state index is 11.2. The zero-order valence-electron chi connectivity index (χ0n) is 10.9. The van der Waals surface area contributed by atoms with Gasteiger partial charge in [-0.2, -0.15) is 15.0 Å². The SMILES string of the molecule is CN(C)c1nc(NN)nc(NC(C)(C)C(N)=O)n1. The second-order valence-electron chi connectivity index (χ2n) is 4.44. The van der Waals surface area contributed by atoms with Gasteiger partial charge in [0.2, 0.25) is 23.8 Å². The summed E-state index contributed by atoms with van der Waals surface area (Å²) >= 11 is 0. The summed E-state index contributed by atoms with van der Waals surface area (Å²) in [4.78, 5) is 25.1. The standard InChI is InChI=1S/C9H18N8O/c1-9(2,5(10)18)15-6-12-7(16-11)14-8(13-6)17(3)4/h11H2,1-4H3,(H2,10,18)(H2,12,13,14,15,16). The van der Waals surface area contributed by atoms with Gasteiger partial charge in [0.05, 0.1) is 0 Å². The quantitative estimate of drug-likeness (QED) is 0.384. The first-order valence-electron chi connectivity index (χ1n) is 5.24. The highest BCUT2D eigenvalue weighted by atomic mass is 16.1. The Morgan fingerprint density at radius 3 is 2.22 bits per heavy atom. The smallest absolute Gasteiger partial charge is 0.243 e. The Bertz CT molecular complexity index is 444. The number of carbonyl (C=O) groups is 1. The number of amides is 1. The van der Waals surface area contributed by atoms with Crippen LogP contribution in [0.2, 0.25) is 0 Å². The molecule has 0 saturated heterocycles. The fraction of sp³-hybridized carbons (Fsp3) is 0.556. The molecule has 18 heavy (non-hydrogen) atoms. The summed E-state index contributed by atoms with van der Waals surface area (Å²) in [5.74, 6) is 5.56. The Kier molecular flexibility index (Phi) is 3.86.